The number of hydrogen-bond donors (Lipinski definition) is 1. The Kier molecular flexibility index (Phi) is 6.54. The zero-order valence-corrected chi connectivity index (χ0v) is 20.0. The molecule has 0 bridgehead atoms. The van der Waals surface area contributed by atoms with E-state index in [1.165, 1.54) is 6.07 Å². The van der Waals surface area contributed by atoms with Crippen LogP contribution in [0, 0.1) is 12.7 Å². The predicted molar refractivity (Wildman–Crippen MR) is 136 cm³/mol. The lowest BCUT2D eigenvalue weighted by atomic mass is 9.94. The number of carbonyl (C=O) groups excluding carboxylic acids is 1. The molecule has 6 nitrogen and oxygen atoms in total. The second kappa shape index (κ2) is 10.1. The first-order chi connectivity index (χ1) is 17.5. The SMILES string of the molecule is Cc1ccc(-c2cc(C(=O)N[C@H](C)c3ccccn3)cc(C3=NOC(c4ccccn4)C3)c2)c(F)c1. The second-order valence-electron chi connectivity index (χ2n) is 8.82. The van der Waals surface area contributed by atoms with Crippen LogP contribution in [0.1, 0.15) is 58.4 Å². The molecule has 2 aromatic heterocycles. The van der Waals surface area contributed by atoms with Gasteiger partial charge in [-0.05, 0) is 73.5 Å². The summed E-state index contributed by atoms with van der Waals surface area (Å²) in [5.74, 6) is -0.638. The van der Waals surface area contributed by atoms with Gasteiger partial charge in [-0.3, -0.25) is 14.8 Å². The summed E-state index contributed by atoms with van der Waals surface area (Å²) < 4.78 is 14.9. The van der Waals surface area contributed by atoms with E-state index >= 15 is 0 Å². The van der Waals surface area contributed by atoms with Gasteiger partial charge in [-0.1, -0.05) is 29.4 Å². The molecule has 7 heteroatoms. The van der Waals surface area contributed by atoms with E-state index in [0.717, 1.165) is 17.0 Å². The van der Waals surface area contributed by atoms with Crippen LogP contribution in [-0.4, -0.2) is 21.6 Å². The van der Waals surface area contributed by atoms with Crippen molar-refractivity contribution in [3.8, 4) is 11.1 Å². The fourth-order valence-electron chi connectivity index (χ4n) is 4.19. The van der Waals surface area contributed by atoms with Gasteiger partial charge in [0.15, 0.2) is 6.10 Å². The topological polar surface area (TPSA) is 76.5 Å². The molecular weight excluding hydrogens is 455 g/mol. The van der Waals surface area contributed by atoms with E-state index in [-0.39, 0.29) is 23.9 Å². The van der Waals surface area contributed by atoms with Crippen molar-refractivity contribution in [2.75, 3.05) is 0 Å². The Morgan fingerprint density at radius 3 is 2.50 bits per heavy atom. The number of aromatic nitrogens is 2. The van der Waals surface area contributed by atoms with Crippen molar-refractivity contribution in [1.82, 2.24) is 15.3 Å². The molecule has 1 aliphatic rings. The minimum Gasteiger partial charge on any atom is -0.385 e. The molecule has 1 unspecified atom stereocenters. The van der Waals surface area contributed by atoms with Gasteiger partial charge in [0.2, 0.25) is 0 Å². The molecule has 0 saturated heterocycles. The highest BCUT2D eigenvalue weighted by Gasteiger charge is 2.26. The number of amides is 1. The third-order valence-corrected chi connectivity index (χ3v) is 6.13. The Bertz CT molecular complexity index is 1420. The van der Waals surface area contributed by atoms with Crippen LogP contribution in [0.4, 0.5) is 4.39 Å². The number of benzene rings is 2. The summed E-state index contributed by atoms with van der Waals surface area (Å²) in [5, 5.41) is 7.28. The van der Waals surface area contributed by atoms with E-state index < -0.39 is 0 Å². The maximum Gasteiger partial charge on any atom is 0.251 e. The Balaban J connectivity index is 1.49. The average Bonchev–Trinajstić information content (AvgIpc) is 3.40. The Hall–Kier alpha value is -4.39. The summed E-state index contributed by atoms with van der Waals surface area (Å²) in [7, 11) is 0. The van der Waals surface area contributed by atoms with Crippen LogP contribution in [0.2, 0.25) is 0 Å². The highest BCUT2D eigenvalue weighted by atomic mass is 19.1. The molecule has 0 radical (unpaired) electrons. The number of nitrogens with zero attached hydrogens (tertiary/aromatic N) is 3. The summed E-state index contributed by atoms with van der Waals surface area (Å²) in [6, 6.07) is 21.3. The van der Waals surface area contributed by atoms with E-state index in [0.29, 0.717) is 34.4 Å². The molecule has 1 aliphatic heterocycles. The Morgan fingerprint density at radius 2 is 1.78 bits per heavy atom. The second-order valence-corrected chi connectivity index (χ2v) is 8.82. The molecule has 0 spiro atoms. The smallest absolute Gasteiger partial charge is 0.251 e. The molecule has 3 heterocycles. The number of hydrogen-bond acceptors (Lipinski definition) is 5. The summed E-state index contributed by atoms with van der Waals surface area (Å²) in [5.41, 5.74) is 5.11. The van der Waals surface area contributed by atoms with Crippen molar-refractivity contribution < 1.29 is 14.0 Å². The summed E-state index contributed by atoms with van der Waals surface area (Å²) in [6.45, 7) is 3.71. The van der Waals surface area contributed by atoms with Crippen LogP contribution < -0.4 is 5.32 Å². The summed E-state index contributed by atoms with van der Waals surface area (Å²) in [6.07, 6.45) is 3.57. The van der Waals surface area contributed by atoms with Gasteiger partial charge in [0.1, 0.15) is 5.82 Å². The third-order valence-electron chi connectivity index (χ3n) is 6.13. The minimum atomic E-state index is -0.351. The standard InChI is InChI=1S/C29H25FN4O2/c1-18-9-10-23(24(30)13-18)20-14-21(27-17-28(36-34-27)26-8-4-6-12-32-26)16-22(15-20)29(35)33-19(2)25-7-3-5-11-31-25/h3-16,19,28H,17H2,1-2H3,(H,33,35)/t19-,28?/m1/s1. The first-order valence-corrected chi connectivity index (χ1v) is 11.8. The molecule has 2 aromatic carbocycles. The Labute approximate surface area is 208 Å². The van der Waals surface area contributed by atoms with Crippen molar-refractivity contribution in [2.24, 2.45) is 5.16 Å². The maximum atomic E-state index is 14.9. The molecule has 180 valence electrons. The highest BCUT2D eigenvalue weighted by molar-refractivity contribution is 6.05. The lowest BCUT2D eigenvalue weighted by Gasteiger charge is -2.15. The zero-order chi connectivity index (χ0) is 25.1. The van der Waals surface area contributed by atoms with Crippen LogP contribution in [0.25, 0.3) is 11.1 Å². The van der Waals surface area contributed by atoms with Crippen LogP contribution in [0.5, 0.6) is 0 Å². The molecule has 5 rings (SSSR count). The van der Waals surface area contributed by atoms with Crippen LogP contribution in [0.15, 0.2) is 90.3 Å². The molecule has 0 aliphatic carbocycles. The van der Waals surface area contributed by atoms with Crippen molar-refractivity contribution in [2.45, 2.75) is 32.4 Å². The first kappa shape index (κ1) is 23.4. The zero-order valence-electron chi connectivity index (χ0n) is 20.0. The van der Waals surface area contributed by atoms with E-state index in [2.05, 4.69) is 20.4 Å². The molecule has 0 fully saturated rings. The van der Waals surface area contributed by atoms with Gasteiger partial charge in [0, 0.05) is 35.5 Å². The minimum absolute atomic E-state index is 0.287. The third kappa shape index (κ3) is 5.00. The van der Waals surface area contributed by atoms with Gasteiger partial charge < -0.3 is 10.2 Å². The summed E-state index contributed by atoms with van der Waals surface area (Å²) in [4.78, 5) is 27.6. The number of rotatable bonds is 6. The van der Waals surface area contributed by atoms with Gasteiger partial charge in [0.05, 0.1) is 23.1 Å². The van der Waals surface area contributed by atoms with E-state index in [4.69, 9.17) is 4.84 Å². The molecule has 36 heavy (non-hydrogen) atoms. The number of nitrogens with one attached hydrogen (secondary N) is 1. The number of pyridine rings is 2. The first-order valence-electron chi connectivity index (χ1n) is 11.8. The van der Waals surface area contributed by atoms with Crippen molar-refractivity contribution in [3.05, 3.63) is 119 Å². The molecular formula is C29H25FN4O2. The average molecular weight is 481 g/mol. The van der Waals surface area contributed by atoms with Crippen LogP contribution in [-0.2, 0) is 4.84 Å². The van der Waals surface area contributed by atoms with Gasteiger partial charge in [0.25, 0.3) is 5.91 Å². The number of carbonyl (C=O) groups is 1. The van der Waals surface area contributed by atoms with Gasteiger partial charge in [-0.2, -0.15) is 0 Å². The van der Waals surface area contributed by atoms with E-state index in [1.807, 2.05) is 62.4 Å². The predicted octanol–water partition coefficient (Wildman–Crippen LogP) is 5.95. The monoisotopic (exact) mass is 480 g/mol. The van der Waals surface area contributed by atoms with Crippen molar-refractivity contribution in [3.63, 3.8) is 0 Å². The lowest BCUT2D eigenvalue weighted by molar-refractivity contribution is 0.0826. The molecule has 2 atom stereocenters. The van der Waals surface area contributed by atoms with Gasteiger partial charge in [-0.15, -0.1) is 0 Å². The van der Waals surface area contributed by atoms with E-state index in [9.17, 15) is 9.18 Å². The largest absolute Gasteiger partial charge is 0.385 e. The maximum absolute atomic E-state index is 14.9. The Morgan fingerprint density at radius 1 is 1.00 bits per heavy atom. The lowest BCUT2D eigenvalue weighted by Crippen LogP contribution is -2.27. The van der Waals surface area contributed by atoms with Crippen LogP contribution in [0.3, 0.4) is 0 Å². The molecule has 4 aromatic rings. The van der Waals surface area contributed by atoms with Gasteiger partial charge >= 0.3 is 0 Å². The normalized spacial score (nSPS) is 15.6. The van der Waals surface area contributed by atoms with Gasteiger partial charge in [-0.25, -0.2) is 4.39 Å². The number of aryl methyl sites for hydroxylation is 1. The van der Waals surface area contributed by atoms with Crippen molar-refractivity contribution >= 4 is 11.6 Å². The molecule has 0 saturated carbocycles. The van der Waals surface area contributed by atoms with Crippen LogP contribution >= 0.6 is 0 Å². The fraction of sp³-hybridized carbons (Fsp3) is 0.172. The van der Waals surface area contributed by atoms with Crippen molar-refractivity contribution in [1.29, 1.82) is 0 Å². The number of oxime groups is 1. The molecule has 1 amide bonds. The van der Waals surface area contributed by atoms with E-state index in [1.54, 1.807) is 30.6 Å². The number of halogens is 1. The highest BCUT2D eigenvalue weighted by Crippen LogP contribution is 2.32. The molecule has 1 N–H and O–H groups in total. The fourth-order valence-corrected chi connectivity index (χ4v) is 4.19. The summed E-state index contributed by atoms with van der Waals surface area (Å²) >= 11 is 0. The quantitative estimate of drug-likeness (QED) is 0.370.